The number of hydrogen-bond donors (Lipinski definition) is 2. The normalized spacial score (nSPS) is 27.8. The van der Waals surface area contributed by atoms with Gasteiger partial charge in [-0.3, -0.25) is 4.79 Å². The molecular weight excluding hydrogens is 439 g/mol. The van der Waals surface area contributed by atoms with Crippen LogP contribution in [-0.4, -0.2) is 39.3 Å². The molecular formula is C22H26F3N5O3. The van der Waals surface area contributed by atoms with Crippen LogP contribution in [0.5, 0.6) is 0 Å². The first-order valence-corrected chi connectivity index (χ1v) is 11.3. The van der Waals surface area contributed by atoms with E-state index in [2.05, 4.69) is 15.4 Å². The maximum absolute atomic E-state index is 13.2. The van der Waals surface area contributed by atoms with Gasteiger partial charge in [0.1, 0.15) is 12.3 Å². The highest BCUT2D eigenvalue weighted by Crippen LogP contribution is 2.53. The molecule has 2 aliphatic carbocycles. The van der Waals surface area contributed by atoms with Gasteiger partial charge in [0.05, 0.1) is 17.3 Å². The van der Waals surface area contributed by atoms with Crippen LogP contribution < -0.4 is 11.1 Å². The molecule has 3 aliphatic rings. The average Bonchev–Trinajstić information content (AvgIpc) is 3.48. The molecule has 2 saturated carbocycles. The fraction of sp³-hybridized carbons (Fsp3) is 0.636. The smallest absolute Gasteiger partial charge is 0.404 e. The summed E-state index contributed by atoms with van der Waals surface area (Å²) in [6, 6.07) is 3.42. The van der Waals surface area contributed by atoms with Crippen LogP contribution in [0.1, 0.15) is 55.1 Å². The fourth-order valence-corrected chi connectivity index (χ4v) is 5.21. The molecule has 1 saturated heterocycles. The summed E-state index contributed by atoms with van der Waals surface area (Å²) in [5, 5.41) is 7.03. The molecule has 2 atom stereocenters. The van der Waals surface area contributed by atoms with Crippen molar-refractivity contribution in [1.82, 2.24) is 19.9 Å². The largest absolute Gasteiger partial charge is 0.443 e. The number of primary amides is 1. The Morgan fingerprint density at radius 3 is 2.64 bits per heavy atom. The number of halogens is 3. The highest BCUT2D eigenvalue weighted by atomic mass is 19.4. The first kappa shape index (κ1) is 22.0. The molecule has 0 aromatic carbocycles. The number of imidazole rings is 1. The summed E-state index contributed by atoms with van der Waals surface area (Å²) in [6.45, 7) is -0.448. The summed E-state index contributed by atoms with van der Waals surface area (Å²) in [6.07, 6.45) is -0.834. The first-order valence-electron chi connectivity index (χ1n) is 11.3. The van der Waals surface area contributed by atoms with Crippen LogP contribution in [0.15, 0.2) is 12.1 Å². The van der Waals surface area contributed by atoms with Gasteiger partial charge in [-0.2, -0.15) is 18.3 Å². The van der Waals surface area contributed by atoms with Crippen molar-refractivity contribution in [3.63, 3.8) is 0 Å². The van der Waals surface area contributed by atoms with Crippen LogP contribution in [-0.2, 0) is 22.6 Å². The van der Waals surface area contributed by atoms with Crippen LogP contribution in [0.4, 0.5) is 18.0 Å². The summed E-state index contributed by atoms with van der Waals surface area (Å²) in [5.74, 6) is -1.06. The Hall–Kier alpha value is -2.85. The van der Waals surface area contributed by atoms with E-state index in [4.69, 9.17) is 10.5 Å². The van der Waals surface area contributed by atoms with E-state index in [1.165, 1.54) is 12.8 Å². The number of fused-ring (bicyclic) bond motifs is 1. The Bertz CT molecular complexity index is 1080. The van der Waals surface area contributed by atoms with Gasteiger partial charge in [0.2, 0.25) is 5.91 Å². The van der Waals surface area contributed by atoms with Crippen molar-refractivity contribution in [2.45, 2.75) is 57.2 Å². The second-order valence-electron chi connectivity index (χ2n) is 9.53. The molecule has 2 aromatic heterocycles. The van der Waals surface area contributed by atoms with E-state index in [9.17, 15) is 22.8 Å². The standard InChI is InChI=1S/C22H26F3N5O3/c23-22(24,25)15-7-14(20(31)27-9-15)8-16-3-4-18-28-17(10-33-21(26)32)19(30(18)29-16)13-5-12(6-13)11-1-2-11/h3-4,11-15H,1-2,5-10H2,(H2,26,32)(H,27,31)/t12?,13?,14-,15-/m1/s1. The number of amides is 2. The topological polar surface area (TPSA) is 112 Å². The number of piperidine rings is 1. The Balaban J connectivity index is 1.40. The summed E-state index contributed by atoms with van der Waals surface area (Å²) >= 11 is 0. The highest BCUT2D eigenvalue weighted by Gasteiger charge is 2.45. The van der Waals surface area contributed by atoms with E-state index in [1.807, 2.05) is 0 Å². The van der Waals surface area contributed by atoms with E-state index < -0.39 is 24.1 Å². The maximum atomic E-state index is 13.2. The number of alkyl halides is 3. The minimum Gasteiger partial charge on any atom is -0.443 e. The first-order chi connectivity index (χ1) is 15.7. The Labute approximate surface area is 188 Å². The van der Waals surface area contributed by atoms with Gasteiger partial charge in [0.25, 0.3) is 0 Å². The number of aromatic nitrogens is 3. The monoisotopic (exact) mass is 465 g/mol. The van der Waals surface area contributed by atoms with Gasteiger partial charge in [0.15, 0.2) is 5.65 Å². The molecule has 8 nitrogen and oxygen atoms in total. The summed E-state index contributed by atoms with van der Waals surface area (Å²) in [5.41, 5.74) is 7.65. The van der Waals surface area contributed by atoms with Gasteiger partial charge in [-0.15, -0.1) is 0 Å². The Morgan fingerprint density at radius 2 is 1.97 bits per heavy atom. The zero-order chi connectivity index (χ0) is 23.3. The third-order valence-electron chi connectivity index (χ3n) is 7.23. The Morgan fingerprint density at radius 1 is 1.21 bits per heavy atom. The average molecular weight is 465 g/mol. The predicted molar refractivity (Wildman–Crippen MR) is 110 cm³/mol. The van der Waals surface area contributed by atoms with Gasteiger partial charge in [-0.1, -0.05) is 0 Å². The van der Waals surface area contributed by atoms with Gasteiger partial charge < -0.3 is 15.8 Å². The molecule has 0 radical (unpaired) electrons. The molecule has 33 heavy (non-hydrogen) atoms. The number of carbonyl (C=O) groups excluding carboxylic acids is 2. The van der Waals surface area contributed by atoms with Crippen LogP contribution in [0.3, 0.4) is 0 Å². The number of nitrogens with zero attached hydrogens (tertiary/aromatic N) is 3. The van der Waals surface area contributed by atoms with Crippen molar-refractivity contribution in [3.8, 4) is 0 Å². The second kappa shape index (κ2) is 8.18. The zero-order valence-corrected chi connectivity index (χ0v) is 18.0. The van der Waals surface area contributed by atoms with Crippen LogP contribution in [0.25, 0.3) is 5.65 Å². The van der Waals surface area contributed by atoms with Crippen molar-refractivity contribution in [3.05, 3.63) is 29.2 Å². The molecule has 0 spiro atoms. The molecule has 1 aliphatic heterocycles. The van der Waals surface area contributed by atoms with E-state index in [0.29, 0.717) is 23.0 Å². The molecule has 0 unspecified atom stereocenters. The molecule has 11 heteroatoms. The maximum Gasteiger partial charge on any atom is 0.404 e. The van der Waals surface area contributed by atoms with Crippen molar-refractivity contribution in [1.29, 1.82) is 0 Å². The van der Waals surface area contributed by atoms with Crippen molar-refractivity contribution >= 4 is 17.6 Å². The summed E-state index contributed by atoms with van der Waals surface area (Å²) in [4.78, 5) is 27.9. The highest BCUT2D eigenvalue weighted by molar-refractivity contribution is 5.79. The number of nitrogens with one attached hydrogen (secondary N) is 1. The van der Waals surface area contributed by atoms with Gasteiger partial charge in [0, 0.05) is 24.8 Å². The van der Waals surface area contributed by atoms with Gasteiger partial charge >= 0.3 is 12.3 Å². The lowest BCUT2D eigenvalue weighted by Crippen LogP contribution is -2.47. The third kappa shape index (κ3) is 4.49. The lowest BCUT2D eigenvalue weighted by molar-refractivity contribution is -0.183. The molecule has 3 fully saturated rings. The quantitative estimate of drug-likeness (QED) is 0.681. The SMILES string of the molecule is NC(=O)OCc1nc2ccc(C[C@H]3C[C@@H](C(F)(F)F)CNC3=O)nn2c1C1CC(C2CC2)C1. The van der Waals surface area contributed by atoms with E-state index in [-0.39, 0.29) is 37.8 Å². The van der Waals surface area contributed by atoms with Gasteiger partial charge in [-0.05, 0) is 56.1 Å². The molecule has 2 amide bonds. The van der Waals surface area contributed by atoms with E-state index in [1.54, 1.807) is 16.6 Å². The van der Waals surface area contributed by atoms with E-state index >= 15 is 0 Å². The lowest BCUT2D eigenvalue weighted by atomic mass is 9.70. The molecule has 5 rings (SSSR count). The van der Waals surface area contributed by atoms with Crippen molar-refractivity contribution < 1.29 is 27.5 Å². The van der Waals surface area contributed by atoms with Crippen molar-refractivity contribution in [2.24, 2.45) is 29.4 Å². The molecule has 3 heterocycles. The molecule has 178 valence electrons. The summed E-state index contributed by atoms with van der Waals surface area (Å²) < 4.78 is 46.2. The number of carbonyl (C=O) groups is 2. The van der Waals surface area contributed by atoms with Crippen LogP contribution in [0, 0.1) is 23.7 Å². The van der Waals surface area contributed by atoms with Crippen LogP contribution in [0.2, 0.25) is 0 Å². The van der Waals surface area contributed by atoms with E-state index in [0.717, 1.165) is 24.5 Å². The number of ether oxygens (including phenoxy) is 1. The second-order valence-corrected chi connectivity index (χ2v) is 9.53. The summed E-state index contributed by atoms with van der Waals surface area (Å²) in [7, 11) is 0. The predicted octanol–water partition coefficient (Wildman–Crippen LogP) is 3.09. The number of hydrogen-bond acceptors (Lipinski definition) is 5. The lowest BCUT2D eigenvalue weighted by Gasteiger charge is -2.35. The zero-order valence-electron chi connectivity index (χ0n) is 18.0. The third-order valence-corrected chi connectivity index (χ3v) is 7.23. The van der Waals surface area contributed by atoms with Gasteiger partial charge in [-0.25, -0.2) is 14.3 Å². The minimum absolute atomic E-state index is 0.0632. The van der Waals surface area contributed by atoms with Crippen LogP contribution >= 0.6 is 0 Å². The Kier molecular flexibility index (Phi) is 5.44. The molecule has 3 N–H and O–H groups in total. The fourth-order valence-electron chi connectivity index (χ4n) is 5.21. The molecule has 0 bridgehead atoms. The minimum atomic E-state index is -4.35. The molecule has 2 aromatic rings. The number of rotatable bonds is 6. The van der Waals surface area contributed by atoms with Crippen molar-refractivity contribution in [2.75, 3.05) is 6.54 Å². The number of nitrogens with two attached hydrogens (primary N) is 1.